The quantitative estimate of drug-likeness (QED) is 0.761. The molecule has 0 aliphatic carbocycles. The topological polar surface area (TPSA) is 90.6 Å². The molecule has 28 heavy (non-hydrogen) atoms. The van der Waals surface area contributed by atoms with Gasteiger partial charge in [0.1, 0.15) is 11.6 Å². The summed E-state index contributed by atoms with van der Waals surface area (Å²) in [7, 11) is 1.52. The van der Waals surface area contributed by atoms with Gasteiger partial charge in [-0.3, -0.25) is 4.79 Å². The molecule has 1 aliphatic heterocycles. The number of aromatic nitrogens is 2. The Kier molecular flexibility index (Phi) is 6.28. The predicted molar refractivity (Wildman–Crippen MR) is 105 cm³/mol. The van der Waals surface area contributed by atoms with Crippen LogP contribution in [0.15, 0.2) is 24.3 Å². The predicted octanol–water partition coefficient (Wildman–Crippen LogP) is 3.04. The van der Waals surface area contributed by atoms with Gasteiger partial charge in [0.15, 0.2) is 5.82 Å². The SMILES string of the molecule is CCOC(=O)CC1CCN(c2cc(-c3cc(F)ccc3OC)nnc2N)CC1. The fourth-order valence-electron chi connectivity index (χ4n) is 3.49. The van der Waals surface area contributed by atoms with Crippen LogP contribution in [0.3, 0.4) is 0 Å². The molecule has 2 aromatic rings. The molecule has 7 nitrogen and oxygen atoms in total. The van der Waals surface area contributed by atoms with Gasteiger partial charge in [-0.1, -0.05) is 0 Å². The third kappa shape index (κ3) is 4.49. The zero-order chi connectivity index (χ0) is 20.1. The second-order valence-electron chi connectivity index (χ2n) is 6.78. The number of methoxy groups -OCH3 is 1. The fraction of sp³-hybridized carbons (Fsp3) is 0.450. The summed E-state index contributed by atoms with van der Waals surface area (Å²) in [5.41, 5.74) is 7.83. The van der Waals surface area contributed by atoms with Crippen molar-refractivity contribution < 1.29 is 18.7 Å². The van der Waals surface area contributed by atoms with Crippen LogP contribution >= 0.6 is 0 Å². The van der Waals surface area contributed by atoms with Gasteiger partial charge in [0, 0.05) is 25.1 Å². The van der Waals surface area contributed by atoms with Crippen molar-refractivity contribution in [3.63, 3.8) is 0 Å². The maximum atomic E-state index is 13.7. The Hall–Kier alpha value is -2.90. The fourth-order valence-corrected chi connectivity index (χ4v) is 3.49. The molecule has 1 saturated heterocycles. The second-order valence-corrected chi connectivity index (χ2v) is 6.78. The summed E-state index contributed by atoms with van der Waals surface area (Å²) in [5.74, 6) is 0.610. The van der Waals surface area contributed by atoms with Crippen LogP contribution in [0.2, 0.25) is 0 Å². The van der Waals surface area contributed by atoms with E-state index in [2.05, 4.69) is 15.1 Å². The third-order valence-corrected chi connectivity index (χ3v) is 4.95. The number of nitrogens with zero attached hydrogens (tertiary/aromatic N) is 3. The van der Waals surface area contributed by atoms with Crippen molar-refractivity contribution in [2.75, 3.05) is 37.4 Å². The van der Waals surface area contributed by atoms with Gasteiger partial charge in [-0.15, -0.1) is 10.2 Å². The number of rotatable bonds is 6. The largest absolute Gasteiger partial charge is 0.496 e. The lowest BCUT2D eigenvalue weighted by Crippen LogP contribution is -2.35. The number of hydrogen-bond donors (Lipinski definition) is 1. The monoisotopic (exact) mass is 388 g/mol. The van der Waals surface area contributed by atoms with Crippen molar-refractivity contribution >= 4 is 17.5 Å². The number of halogens is 1. The average Bonchev–Trinajstić information content (AvgIpc) is 2.69. The van der Waals surface area contributed by atoms with Crippen LogP contribution in [-0.4, -0.2) is 43.0 Å². The summed E-state index contributed by atoms with van der Waals surface area (Å²) in [6, 6.07) is 6.07. The van der Waals surface area contributed by atoms with Crippen molar-refractivity contribution in [1.29, 1.82) is 0 Å². The van der Waals surface area contributed by atoms with Crippen molar-refractivity contribution in [3.8, 4) is 17.0 Å². The van der Waals surface area contributed by atoms with Crippen LogP contribution in [-0.2, 0) is 9.53 Å². The number of nitrogen functional groups attached to an aromatic ring is 1. The van der Waals surface area contributed by atoms with Gasteiger partial charge in [0.25, 0.3) is 0 Å². The van der Waals surface area contributed by atoms with E-state index in [0.29, 0.717) is 41.8 Å². The first-order valence-electron chi connectivity index (χ1n) is 9.39. The van der Waals surface area contributed by atoms with E-state index in [1.54, 1.807) is 6.07 Å². The lowest BCUT2D eigenvalue weighted by atomic mass is 9.93. The van der Waals surface area contributed by atoms with E-state index in [1.165, 1.54) is 19.2 Å². The number of benzene rings is 1. The Bertz CT molecular complexity index is 838. The maximum absolute atomic E-state index is 13.7. The van der Waals surface area contributed by atoms with E-state index in [0.717, 1.165) is 31.6 Å². The third-order valence-electron chi connectivity index (χ3n) is 4.95. The van der Waals surface area contributed by atoms with Crippen LogP contribution in [0.1, 0.15) is 26.2 Å². The van der Waals surface area contributed by atoms with Gasteiger partial charge in [-0.25, -0.2) is 4.39 Å². The van der Waals surface area contributed by atoms with Crippen LogP contribution < -0.4 is 15.4 Å². The van der Waals surface area contributed by atoms with Gasteiger partial charge in [-0.2, -0.15) is 0 Å². The van der Waals surface area contributed by atoms with Crippen LogP contribution in [0, 0.1) is 11.7 Å². The van der Waals surface area contributed by atoms with Gasteiger partial charge in [-0.05, 0) is 49.9 Å². The average molecular weight is 388 g/mol. The normalized spacial score (nSPS) is 14.8. The zero-order valence-corrected chi connectivity index (χ0v) is 16.2. The molecular formula is C20H25FN4O3. The van der Waals surface area contributed by atoms with E-state index in [1.807, 2.05) is 13.0 Å². The van der Waals surface area contributed by atoms with Crippen LogP contribution in [0.5, 0.6) is 5.75 Å². The molecule has 0 spiro atoms. The molecule has 3 rings (SSSR count). The molecule has 0 atom stereocenters. The van der Waals surface area contributed by atoms with Gasteiger partial charge >= 0.3 is 5.97 Å². The van der Waals surface area contributed by atoms with E-state index in [4.69, 9.17) is 15.2 Å². The molecule has 0 unspecified atom stereocenters. The Labute approximate surface area is 163 Å². The van der Waals surface area contributed by atoms with E-state index in [-0.39, 0.29) is 11.8 Å². The molecule has 0 bridgehead atoms. The zero-order valence-electron chi connectivity index (χ0n) is 16.2. The van der Waals surface area contributed by atoms with Crippen molar-refractivity contribution in [2.45, 2.75) is 26.2 Å². The summed E-state index contributed by atoms with van der Waals surface area (Å²) >= 11 is 0. The molecule has 1 fully saturated rings. The second kappa shape index (κ2) is 8.86. The lowest BCUT2D eigenvalue weighted by Gasteiger charge is -2.33. The molecule has 150 valence electrons. The number of nitrogens with two attached hydrogens (primary N) is 1. The summed E-state index contributed by atoms with van der Waals surface area (Å²) in [6.07, 6.45) is 2.16. The first kappa shape index (κ1) is 19.9. The van der Waals surface area contributed by atoms with E-state index in [9.17, 15) is 9.18 Å². The van der Waals surface area contributed by atoms with Crippen LogP contribution in [0.4, 0.5) is 15.9 Å². The van der Waals surface area contributed by atoms with E-state index < -0.39 is 0 Å². The molecule has 8 heteroatoms. The molecule has 0 amide bonds. The Morgan fingerprint density at radius 1 is 1.29 bits per heavy atom. The standard InChI is InChI=1S/C20H25FN4O3/c1-3-28-19(26)10-13-6-8-25(9-7-13)17-12-16(23-24-20(17)22)15-11-14(21)4-5-18(15)27-2/h4-5,11-13H,3,6-10H2,1-2H3,(H2,22,24). The highest BCUT2D eigenvalue weighted by Gasteiger charge is 2.24. The van der Waals surface area contributed by atoms with Crippen molar-refractivity contribution in [1.82, 2.24) is 10.2 Å². The maximum Gasteiger partial charge on any atom is 0.306 e. The van der Waals surface area contributed by atoms with Gasteiger partial charge in [0.2, 0.25) is 0 Å². The first-order chi connectivity index (χ1) is 13.5. The van der Waals surface area contributed by atoms with E-state index >= 15 is 0 Å². The minimum atomic E-state index is -0.379. The molecule has 1 aromatic heterocycles. The smallest absolute Gasteiger partial charge is 0.306 e. The molecule has 0 saturated carbocycles. The first-order valence-corrected chi connectivity index (χ1v) is 9.39. The molecule has 2 N–H and O–H groups in total. The summed E-state index contributed by atoms with van der Waals surface area (Å²) in [4.78, 5) is 13.8. The lowest BCUT2D eigenvalue weighted by molar-refractivity contribution is -0.144. The van der Waals surface area contributed by atoms with Gasteiger partial charge < -0.3 is 20.1 Å². The number of hydrogen-bond acceptors (Lipinski definition) is 7. The van der Waals surface area contributed by atoms with Crippen LogP contribution in [0.25, 0.3) is 11.3 Å². The number of esters is 1. The molecule has 0 radical (unpaired) electrons. The Morgan fingerprint density at radius 3 is 2.71 bits per heavy atom. The molecule has 2 heterocycles. The number of anilines is 2. The highest BCUT2D eigenvalue weighted by atomic mass is 19.1. The number of piperidine rings is 1. The number of carbonyl (C=O) groups is 1. The minimum absolute atomic E-state index is 0.147. The molecule has 1 aromatic carbocycles. The molecule has 1 aliphatic rings. The van der Waals surface area contributed by atoms with Crippen molar-refractivity contribution in [3.05, 3.63) is 30.1 Å². The minimum Gasteiger partial charge on any atom is -0.496 e. The summed E-state index contributed by atoms with van der Waals surface area (Å²) in [5, 5.41) is 8.18. The highest BCUT2D eigenvalue weighted by molar-refractivity contribution is 5.74. The highest BCUT2D eigenvalue weighted by Crippen LogP contribution is 2.34. The van der Waals surface area contributed by atoms with Crippen molar-refractivity contribution in [2.24, 2.45) is 5.92 Å². The van der Waals surface area contributed by atoms with Gasteiger partial charge in [0.05, 0.1) is 25.1 Å². The Morgan fingerprint density at radius 2 is 2.04 bits per heavy atom. The Balaban J connectivity index is 1.77. The molecular weight excluding hydrogens is 363 g/mol. The summed E-state index contributed by atoms with van der Waals surface area (Å²) in [6.45, 7) is 3.72. The number of carbonyl (C=O) groups excluding carboxylic acids is 1. The number of ether oxygens (including phenoxy) is 2. The summed E-state index contributed by atoms with van der Waals surface area (Å²) < 4.78 is 24.1.